The predicted molar refractivity (Wildman–Crippen MR) is 86.9 cm³/mol. The van der Waals surface area contributed by atoms with Crippen molar-refractivity contribution in [2.75, 3.05) is 6.61 Å². The van der Waals surface area contributed by atoms with Crippen LogP contribution in [0.3, 0.4) is 0 Å². The second-order valence-electron chi connectivity index (χ2n) is 6.68. The number of pyridine rings is 2. The minimum atomic E-state index is 0.0178. The third-order valence-electron chi connectivity index (χ3n) is 5.33. The number of carbonyl (C=O) groups is 1. The zero-order valence-electron chi connectivity index (χ0n) is 13.1. The molecule has 0 radical (unpaired) electrons. The highest BCUT2D eigenvalue weighted by atomic mass is 16.3. The van der Waals surface area contributed by atoms with Crippen molar-refractivity contribution in [1.82, 2.24) is 14.9 Å². The molecule has 5 heteroatoms. The van der Waals surface area contributed by atoms with E-state index in [2.05, 4.69) is 9.97 Å². The molecule has 2 fully saturated rings. The molecule has 2 aromatic rings. The molecule has 0 aromatic carbocycles. The van der Waals surface area contributed by atoms with Crippen molar-refractivity contribution in [1.29, 1.82) is 0 Å². The fraction of sp³-hybridized carbons (Fsp3) is 0.500. The van der Waals surface area contributed by atoms with Gasteiger partial charge in [0.1, 0.15) is 5.52 Å². The van der Waals surface area contributed by atoms with Gasteiger partial charge in [0.05, 0.1) is 0 Å². The Bertz CT molecular complexity index is 714. The molecule has 2 bridgehead atoms. The van der Waals surface area contributed by atoms with Gasteiger partial charge in [-0.25, -0.2) is 4.98 Å². The van der Waals surface area contributed by atoms with Crippen molar-refractivity contribution in [3.8, 4) is 0 Å². The van der Waals surface area contributed by atoms with E-state index in [-0.39, 0.29) is 12.5 Å². The Labute approximate surface area is 135 Å². The Kier molecular flexibility index (Phi) is 3.73. The van der Waals surface area contributed by atoms with E-state index >= 15 is 0 Å². The normalized spacial score (nSPS) is 26.7. The van der Waals surface area contributed by atoms with Crippen LogP contribution in [0.5, 0.6) is 0 Å². The number of nitrogens with zero attached hydrogens (tertiary/aromatic N) is 3. The Morgan fingerprint density at radius 2 is 1.96 bits per heavy atom. The summed E-state index contributed by atoms with van der Waals surface area (Å²) >= 11 is 0. The lowest BCUT2D eigenvalue weighted by molar-refractivity contribution is 0.0497. The van der Waals surface area contributed by atoms with E-state index in [1.807, 2.05) is 23.1 Å². The molecule has 2 atom stereocenters. The van der Waals surface area contributed by atoms with Gasteiger partial charge in [0.25, 0.3) is 5.91 Å². The lowest BCUT2D eigenvalue weighted by Gasteiger charge is -2.38. The molecule has 1 N–H and O–H groups in total. The average Bonchev–Trinajstić information content (AvgIpc) is 2.85. The maximum Gasteiger partial charge on any atom is 0.275 e. The van der Waals surface area contributed by atoms with Crippen LogP contribution >= 0.6 is 0 Å². The molecule has 120 valence electrons. The predicted octanol–water partition coefficient (Wildman–Crippen LogP) is 2.40. The van der Waals surface area contributed by atoms with Crippen molar-refractivity contribution in [3.63, 3.8) is 0 Å². The number of carbonyl (C=O) groups excluding carboxylic acids is 1. The van der Waals surface area contributed by atoms with Crippen LogP contribution in [0, 0.1) is 5.92 Å². The van der Waals surface area contributed by atoms with Gasteiger partial charge in [-0.3, -0.25) is 9.78 Å². The Morgan fingerprint density at radius 1 is 1.17 bits per heavy atom. The summed E-state index contributed by atoms with van der Waals surface area (Å²) in [5, 5.41) is 10.1. The zero-order valence-corrected chi connectivity index (χ0v) is 13.1. The Hall–Kier alpha value is -2.01. The van der Waals surface area contributed by atoms with Gasteiger partial charge in [0, 0.05) is 36.5 Å². The number of fused-ring (bicyclic) bond motifs is 3. The van der Waals surface area contributed by atoms with Crippen LogP contribution in [0.4, 0.5) is 0 Å². The van der Waals surface area contributed by atoms with Crippen LogP contribution in [-0.2, 0) is 0 Å². The van der Waals surface area contributed by atoms with Crippen LogP contribution in [0.1, 0.15) is 42.6 Å². The summed E-state index contributed by atoms with van der Waals surface area (Å²) in [5.41, 5.74) is 1.16. The molecule has 2 aliphatic heterocycles. The van der Waals surface area contributed by atoms with E-state index in [1.54, 1.807) is 12.4 Å². The zero-order chi connectivity index (χ0) is 15.8. The molecule has 5 nitrogen and oxygen atoms in total. The number of amides is 1. The van der Waals surface area contributed by atoms with Crippen molar-refractivity contribution in [2.45, 2.75) is 44.2 Å². The molecular formula is C18H21N3O2. The van der Waals surface area contributed by atoms with E-state index in [1.165, 1.54) is 0 Å². The van der Waals surface area contributed by atoms with Gasteiger partial charge in [-0.15, -0.1) is 0 Å². The number of aliphatic hydroxyl groups excluding tert-OH is 1. The monoisotopic (exact) mass is 311 g/mol. The summed E-state index contributed by atoms with van der Waals surface area (Å²) in [7, 11) is 0. The Balaban J connectivity index is 1.65. The molecular weight excluding hydrogens is 290 g/mol. The van der Waals surface area contributed by atoms with Crippen molar-refractivity contribution < 1.29 is 9.90 Å². The first kappa shape index (κ1) is 14.6. The summed E-state index contributed by atoms with van der Waals surface area (Å²) in [6, 6.07) is 6.31. The van der Waals surface area contributed by atoms with E-state index < -0.39 is 0 Å². The fourth-order valence-corrected chi connectivity index (χ4v) is 4.32. The largest absolute Gasteiger partial charge is 0.396 e. The van der Waals surface area contributed by atoms with Crippen molar-refractivity contribution >= 4 is 16.8 Å². The number of piperidine rings is 1. The number of rotatable bonds is 3. The highest BCUT2D eigenvalue weighted by Crippen LogP contribution is 2.40. The molecule has 2 unspecified atom stereocenters. The minimum Gasteiger partial charge on any atom is -0.396 e. The summed E-state index contributed by atoms with van der Waals surface area (Å²) in [6.45, 7) is 0.243. The van der Waals surface area contributed by atoms with E-state index in [0.717, 1.165) is 37.5 Å². The highest BCUT2D eigenvalue weighted by molar-refractivity contribution is 6.03. The van der Waals surface area contributed by atoms with Crippen LogP contribution in [-0.4, -0.2) is 44.6 Å². The standard InChI is InChI=1S/C18H21N3O2/c22-9-6-12-10-14-3-4-15(11-12)21(14)18(23)17-16-13(5-8-20-17)2-1-7-19-16/h1-2,5,7-8,12,14-15,22H,3-4,6,9-11H2. The quantitative estimate of drug-likeness (QED) is 0.945. The average molecular weight is 311 g/mol. The van der Waals surface area contributed by atoms with Gasteiger partial charge < -0.3 is 10.0 Å². The SMILES string of the molecule is O=C(c1nccc2cccnc12)N1C2CCC1CC(CCO)C2. The number of aliphatic hydroxyl groups is 1. The molecule has 2 aliphatic rings. The highest BCUT2D eigenvalue weighted by Gasteiger charge is 2.43. The number of aromatic nitrogens is 2. The van der Waals surface area contributed by atoms with Crippen LogP contribution in [0.15, 0.2) is 30.6 Å². The van der Waals surface area contributed by atoms with E-state index in [4.69, 9.17) is 0 Å². The topological polar surface area (TPSA) is 66.3 Å². The smallest absolute Gasteiger partial charge is 0.275 e. The van der Waals surface area contributed by atoms with Crippen molar-refractivity contribution in [2.24, 2.45) is 5.92 Å². The lowest BCUT2D eigenvalue weighted by atomic mass is 9.88. The molecule has 0 aliphatic carbocycles. The van der Waals surface area contributed by atoms with E-state index in [0.29, 0.717) is 29.2 Å². The van der Waals surface area contributed by atoms with Gasteiger partial charge in [-0.1, -0.05) is 6.07 Å². The number of hydrogen-bond donors (Lipinski definition) is 1. The molecule has 0 spiro atoms. The third kappa shape index (κ3) is 2.49. The second kappa shape index (κ2) is 5.89. The van der Waals surface area contributed by atoms with Gasteiger partial charge in [-0.05, 0) is 50.2 Å². The fourth-order valence-electron chi connectivity index (χ4n) is 4.32. The van der Waals surface area contributed by atoms with Crippen LogP contribution in [0.25, 0.3) is 10.9 Å². The lowest BCUT2D eigenvalue weighted by Crippen LogP contribution is -2.47. The summed E-state index contributed by atoms with van der Waals surface area (Å²) in [5.74, 6) is 0.560. The van der Waals surface area contributed by atoms with Gasteiger partial charge in [-0.2, -0.15) is 0 Å². The maximum absolute atomic E-state index is 13.1. The Morgan fingerprint density at radius 3 is 2.70 bits per heavy atom. The molecule has 2 saturated heterocycles. The second-order valence-corrected chi connectivity index (χ2v) is 6.68. The molecule has 0 saturated carbocycles. The van der Waals surface area contributed by atoms with Crippen LogP contribution in [0.2, 0.25) is 0 Å². The summed E-state index contributed by atoms with van der Waals surface area (Å²) < 4.78 is 0. The van der Waals surface area contributed by atoms with Crippen molar-refractivity contribution in [3.05, 3.63) is 36.3 Å². The van der Waals surface area contributed by atoms with Gasteiger partial charge >= 0.3 is 0 Å². The first-order chi connectivity index (χ1) is 11.3. The first-order valence-corrected chi connectivity index (χ1v) is 8.41. The first-order valence-electron chi connectivity index (χ1n) is 8.41. The molecule has 4 heterocycles. The van der Waals surface area contributed by atoms with Gasteiger partial charge in [0.2, 0.25) is 0 Å². The maximum atomic E-state index is 13.1. The number of hydrogen-bond acceptors (Lipinski definition) is 4. The van der Waals surface area contributed by atoms with Crippen LogP contribution < -0.4 is 0 Å². The molecule has 1 amide bonds. The summed E-state index contributed by atoms with van der Waals surface area (Å²) in [6.07, 6.45) is 8.39. The van der Waals surface area contributed by atoms with E-state index in [9.17, 15) is 9.90 Å². The molecule has 23 heavy (non-hydrogen) atoms. The third-order valence-corrected chi connectivity index (χ3v) is 5.33. The summed E-state index contributed by atoms with van der Waals surface area (Å²) in [4.78, 5) is 23.9. The molecule has 2 aromatic heterocycles. The van der Waals surface area contributed by atoms with Gasteiger partial charge in [0.15, 0.2) is 5.69 Å². The molecule has 4 rings (SSSR count). The minimum absolute atomic E-state index is 0.0178.